The number of halogens is 1. The minimum Gasteiger partial charge on any atom is -0.343 e. The summed E-state index contributed by atoms with van der Waals surface area (Å²) in [6.07, 6.45) is 4.64. The van der Waals surface area contributed by atoms with Gasteiger partial charge in [-0.05, 0) is 63.4 Å². The van der Waals surface area contributed by atoms with Crippen LogP contribution < -0.4 is 0 Å². The van der Waals surface area contributed by atoms with Crippen LogP contribution in [0.4, 0.5) is 4.39 Å². The molecule has 0 spiro atoms. The summed E-state index contributed by atoms with van der Waals surface area (Å²) in [4.78, 5) is 30.5. The first-order chi connectivity index (χ1) is 13.0. The Balaban J connectivity index is 1.54. The van der Waals surface area contributed by atoms with Crippen LogP contribution in [0.5, 0.6) is 0 Å². The number of hydrogen-bond acceptors (Lipinski definition) is 3. The number of carbonyl (C=O) groups is 2. The zero-order valence-corrected chi connectivity index (χ0v) is 16.4. The van der Waals surface area contributed by atoms with E-state index >= 15 is 0 Å². The van der Waals surface area contributed by atoms with E-state index in [-0.39, 0.29) is 17.6 Å². The number of hydrogen-bond donors (Lipinski definition) is 0. The summed E-state index contributed by atoms with van der Waals surface area (Å²) in [5.74, 6) is 0.571. The molecular formula is C21H30FN3O2. The van der Waals surface area contributed by atoms with Gasteiger partial charge in [0.15, 0.2) is 0 Å². The van der Waals surface area contributed by atoms with Crippen molar-refractivity contribution in [1.82, 2.24) is 14.7 Å². The maximum atomic E-state index is 13.6. The van der Waals surface area contributed by atoms with Gasteiger partial charge in [-0.3, -0.25) is 14.5 Å². The highest BCUT2D eigenvalue weighted by Crippen LogP contribution is 2.27. The summed E-state index contributed by atoms with van der Waals surface area (Å²) < 4.78 is 13.6. The van der Waals surface area contributed by atoms with Gasteiger partial charge < -0.3 is 9.80 Å². The summed E-state index contributed by atoms with van der Waals surface area (Å²) >= 11 is 0. The van der Waals surface area contributed by atoms with E-state index < -0.39 is 6.04 Å². The maximum Gasteiger partial charge on any atom is 0.244 e. The zero-order valence-electron chi connectivity index (χ0n) is 16.4. The van der Waals surface area contributed by atoms with Gasteiger partial charge in [0, 0.05) is 32.6 Å². The van der Waals surface area contributed by atoms with Crippen molar-refractivity contribution in [1.29, 1.82) is 0 Å². The summed E-state index contributed by atoms with van der Waals surface area (Å²) in [7, 11) is 3.71. The number of likely N-dealkylation sites (tertiary alicyclic amines) is 2. The molecule has 2 heterocycles. The zero-order chi connectivity index (χ0) is 19.4. The molecule has 2 aliphatic heterocycles. The molecule has 0 N–H and O–H groups in total. The lowest BCUT2D eigenvalue weighted by atomic mass is 9.92. The molecule has 1 atom stereocenters. The lowest BCUT2D eigenvalue weighted by Crippen LogP contribution is -2.44. The summed E-state index contributed by atoms with van der Waals surface area (Å²) in [6, 6.07) is 5.85. The van der Waals surface area contributed by atoms with Crippen LogP contribution in [0.1, 0.15) is 43.7 Å². The Morgan fingerprint density at radius 1 is 1.26 bits per heavy atom. The topological polar surface area (TPSA) is 43.9 Å². The van der Waals surface area contributed by atoms with Crippen LogP contribution in [0.3, 0.4) is 0 Å². The molecular weight excluding hydrogens is 345 g/mol. The summed E-state index contributed by atoms with van der Waals surface area (Å²) in [6.45, 7) is 3.21. The van der Waals surface area contributed by atoms with Crippen molar-refractivity contribution in [2.24, 2.45) is 5.92 Å². The molecule has 2 fully saturated rings. The van der Waals surface area contributed by atoms with Crippen molar-refractivity contribution in [3.63, 3.8) is 0 Å². The normalized spacial score (nSPS) is 19.8. The number of carbonyl (C=O) groups excluding carboxylic acids is 2. The minimum atomic E-state index is -0.459. The van der Waals surface area contributed by atoms with Gasteiger partial charge in [-0.1, -0.05) is 12.1 Å². The Bertz CT molecular complexity index is 671. The highest BCUT2D eigenvalue weighted by atomic mass is 19.1. The molecule has 0 radical (unpaired) electrons. The molecule has 3 rings (SSSR count). The maximum absolute atomic E-state index is 13.6. The molecule has 1 aromatic carbocycles. The van der Waals surface area contributed by atoms with E-state index in [0.717, 1.165) is 51.9 Å². The van der Waals surface area contributed by atoms with Gasteiger partial charge in [0.05, 0.1) is 0 Å². The number of piperidine rings is 1. The molecule has 5 nitrogen and oxygen atoms in total. The second-order valence-corrected chi connectivity index (χ2v) is 7.96. The lowest BCUT2D eigenvalue weighted by molar-refractivity contribution is -0.137. The largest absolute Gasteiger partial charge is 0.343 e. The van der Waals surface area contributed by atoms with Gasteiger partial charge in [0.1, 0.15) is 11.9 Å². The molecule has 0 aromatic heterocycles. The standard InChI is InChI=1S/C21H30FN3O2/c1-23(2)20(17-5-3-6-18(22)15-17)21(27)25-13-9-16(10-14-25)8-12-24-11-4-7-19(24)26/h3,5-6,15-16,20H,4,7-14H2,1-2H3. The SMILES string of the molecule is CN(C)C(C(=O)N1CCC(CCN2CCCC2=O)CC1)c1cccc(F)c1. The van der Waals surface area contributed by atoms with E-state index in [2.05, 4.69) is 0 Å². The number of likely N-dealkylation sites (N-methyl/N-ethyl adjacent to an activating group) is 1. The number of nitrogens with zero attached hydrogens (tertiary/aromatic N) is 3. The van der Waals surface area contributed by atoms with Crippen molar-refractivity contribution in [2.75, 3.05) is 40.3 Å². The third-order valence-electron chi connectivity index (χ3n) is 5.82. The third-order valence-corrected chi connectivity index (χ3v) is 5.82. The van der Waals surface area contributed by atoms with Crippen molar-refractivity contribution in [3.8, 4) is 0 Å². The van der Waals surface area contributed by atoms with Crippen molar-refractivity contribution >= 4 is 11.8 Å². The molecule has 0 aliphatic carbocycles. The predicted molar refractivity (Wildman–Crippen MR) is 103 cm³/mol. The van der Waals surface area contributed by atoms with Crippen LogP contribution in [0.2, 0.25) is 0 Å². The Hall–Kier alpha value is -1.95. The molecule has 0 saturated carbocycles. The fourth-order valence-electron chi connectivity index (χ4n) is 4.23. The first kappa shape index (κ1) is 19.8. The lowest BCUT2D eigenvalue weighted by Gasteiger charge is -2.36. The first-order valence-corrected chi connectivity index (χ1v) is 9.94. The molecule has 0 bridgehead atoms. The molecule has 2 amide bonds. The van der Waals surface area contributed by atoms with Crippen molar-refractivity contribution < 1.29 is 14.0 Å². The van der Waals surface area contributed by atoms with Crippen LogP contribution in [0, 0.1) is 11.7 Å². The van der Waals surface area contributed by atoms with Crippen molar-refractivity contribution in [3.05, 3.63) is 35.6 Å². The van der Waals surface area contributed by atoms with Gasteiger partial charge >= 0.3 is 0 Å². The van der Waals surface area contributed by atoms with E-state index in [1.54, 1.807) is 6.07 Å². The van der Waals surface area contributed by atoms with E-state index in [1.165, 1.54) is 12.1 Å². The molecule has 1 unspecified atom stereocenters. The number of benzene rings is 1. The van der Waals surface area contributed by atoms with Crippen LogP contribution in [-0.4, -0.2) is 66.8 Å². The van der Waals surface area contributed by atoms with E-state index in [4.69, 9.17) is 0 Å². The summed E-state index contributed by atoms with van der Waals surface area (Å²) in [5.41, 5.74) is 0.694. The third kappa shape index (κ3) is 4.86. The molecule has 1 aromatic rings. The Morgan fingerprint density at radius 3 is 2.59 bits per heavy atom. The highest BCUT2D eigenvalue weighted by Gasteiger charge is 2.31. The molecule has 2 aliphatic rings. The van der Waals surface area contributed by atoms with Gasteiger partial charge in [0.25, 0.3) is 0 Å². The van der Waals surface area contributed by atoms with Gasteiger partial charge in [0.2, 0.25) is 11.8 Å². The van der Waals surface area contributed by atoms with Crippen LogP contribution >= 0.6 is 0 Å². The average molecular weight is 375 g/mol. The van der Waals surface area contributed by atoms with Gasteiger partial charge in [-0.25, -0.2) is 4.39 Å². The van der Waals surface area contributed by atoms with E-state index in [0.29, 0.717) is 17.9 Å². The quantitative estimate of drug-likeness (QED) is 0.768. The van der Waals surface area contributed by atoms with Crippen LogP contribution in [0.15, 0.2) is 24.3 Å². The Labute approximate surface area is 161 Å². The first-order valence-electron chi connectivity index (χ1n) is 9.94. The number of rotatable bonds is 6. The van der Waals surface area contributed by atoms with Gasteiger partial charge in [-0.2, -0.15) is 0 Å². The second kappa shape index (κ2) is 8.83. The Kier molecular flexibility index (Phi) is 6.47. The molecule has 6 heteroatoms. The Morgan fingerprint density at radius 2 is 2.00 bits per heavy atom. The van der Waals surface area contributed by atoms with E-state index in [9.17, 15) is 14.0 Å². The highest BCUT2D eigenvalue weighted by molar-refractivity contribution is 5.83. The smallest absolute Gasteiger partial charge is 0.244 e. The summed E-state index contributed by atoms with van der Waals surface area (Å²) in [5, 5.41) is 0. The fourth-order valence-corrected chi connectivity index (χ4v) is 4.23. The van der Waals surface area contributed by atoms with Gasteiger partial charge in [-0.15, -0.1) is 0 Å². The monoisotopic (exact) mass is 375 g/mol. The molecule has 27 heavy (non-hydrogen) atoms. The van der Waals surface area contributed by atoms with Crippen molar-refractivity contribution in [2.45, 2.75) is 38.1 Å². The minimum absolute atomic E-state index is 0.0405. The number of amides is 2. The predicted octanol–water partition coefficient (Wildman–Crippen LogP) is 2.68. The average Bonchev–Trinajstić information content (AvgIpc) is 3.05. The van der Waals surface area contributed by atoms with E-state index in [1.807, 2.05) is 34.9 Å². The van der Waals surface area contributed by atoms with Crippen LogP contribution in [0.25, 0.3) is 0 Å². The second-order valence-electron chi connectivity index (χ2n) is 7.96. The van der Waals surface area contributed by atoms with Crippen LogP contribution in [-0.2, 0) is 9.59 Å². The fraction of sp³-hybridized carbons (Fsp3) is 0.619. The molecule has 148 valence electrons. The molecule has 2 saturated heterocycles.